The smallest absolute Gasteiger partial charge is 0.416 e. The highest BCUT2D eigenvalue weighted by Crippen LogP contribution is 2.37. The first-order valence-electron chi connectivity index (χ1n) is 10.6. The summed E-state index contributed by atoms with van der Waals surface area (Å²) in [5.41, 5.74) is 2.73. The maximum atomic E-state index is 13.1. The van der Waals surface area contributed by atoms with Crippen LogP contribution in [-0.2, 0) is 11.0 Å². The summed E-state index contributed by atoms with van der Waals surface area (Å²) >= 11 is 3.18. The van der Waals surface area contributed by atoms with Crippen LogP contribution in [0.4, 0.5) is 13.2 Å². The van der Waals surface area contributed by atoms with Crippen LogP contribution in [0.3, 0.4) is 0 Å². The third-order valence-electron chi connectivity index (χ3n) is 5.33. The van der Waals surface area contributed by atoms with Gasteiger partial charge in [-0.3, -0.25) is 0 Å². The molecule has 1 N–H and O–H groups in total. The number of carbonyl (C=O) groups is 1. The van der Waals surface area contributed by atoms with E-state index in [0.29, 0.717) is 11.5 Å². The molecule has 0 spiro atoms. The van der Waals surface area contributed by atoms with E-state index in [2.05, 4.69) is 0 Å². The van der Waals surface area contributed by atoms with Gasteiger partial charge < -0.3 is 9.84 Å². The number of aryl methyl sites for hydroxylation is 1. The first kappa shape index (κ1) is 24.9. The van der Waals surface area contributed by atoms with Crippen LogP contribution in [0.25, 0.3) is 15.7 Å². The molecule has 35 heavy (non-hydrogen) atoms. The largest absolute Gasteiger partial charge is 0.482 e. The van der Waals surface area contributed by atoms with Crippen molar-refractivity contribution in [2.24, 2.45) is 0 Å². The van der Waals surface area contributed by atoms with Gasteiger partial charge in [-0.25, -0.2) is 4.79 Å². The summed E-state index contributed by atoms with van der Waals surface area (Å²) in [5.74, 6) is 0.0715. The summed E-state index contributed by atoms with van der Waals surface area (Å²) in [5, 5.41) is 11.9. The Morgan fingerprint density at radius 2 is 1.83 bits per heavy atom. The number of carboxylic acids is 1. The second kappa shape index (κ2) is 10.6. The summed E-state index contributed by atoms with van der Waals surface area (Å²) in [7, 11) is 0. The summed E-state index contributed by atoms with van der Waals surface area (Å²) in [6.45, 7) is 1.45. The van der Waals surface area contributed by atoms with Crippen LogP contribution in [-0.4, -0.2) is 23.4 Å². The number of ether oxygens (including phenoxy) is 1. The molecule has 180 valence electrons. The van der Waals surface area contributed by atoms with E-state index in [1.54, 1.807) is 29.2 Å². The highest BCUT2D eigenvalue weighted by atomic mass is 32.2. The van der Waals surface area contributed by atoms with Crippen molar-refractivity contribution >= 4 is 44.7 Å². The predicted octanol–water partition coefficient (Wildman–Crippen LogP) is 7.92. The predicted molar refractivity (Wildman–Crippen MR) is 135 cm³/mol. The van der Waals surface area contributed by atoms with Crippen molar-refractivity contribution in [1.29, 1.82) is 0 Å². The van der Waals surface area contributed by atoms with E-state index in [4.69, 9.17) is 9.84 Å². The number of aliphatic carboxylic acids is 1. The Morgan fingerprint density at radius 3 is 2.51 bits per heavy atom. The molecule has 0 bridgehead atoms. The molecule has 0 saturated carbocycles. The molecular weight excluding hydrogens is 493 g/mol. The third-order valence-corrected chi connectivity index (χ3v) is 7.21. The van der Waals surface area contributed by atoms with Crippen molar-refractivity contribution in [3.8, 4) is 5.75 Å². The average molecular weight is 515 g/mol. The van der Waals surface area contributed by atoms with Crippen molar-refractivity contribution in [3.05, 3.63) is 100 Å². The molecule has 1 heterocycles. The average Bonchev–Trinajstić information content (AvgIpc) is 3.25. The molecule has 0 amide bonds. The van der Waals surface area contributed by atoms with Gasteiger partial charge in [0.2, 0.25) is 0 Å². The molecular formula is C27H21F3O3S2. The Balaban J connectivity index is 1.61. The summed E-state index contributed by atoms with van der Waals surface area (Å²) in [4.78, 5) is 11.7. The number of alkyl halides is 3. The molecule has 4 rings (SSSR count). The second-order valence-electron chi connectivity index (χ2n) is 7.76. The molecule has 0 unspecified atom stereocenters. The van der Waals surface area contributed by atoms with E-state index in [0.717, 1.165) is 49.4 Å². The molecule has 8 heteroatoms. The quantitative estimate of drug-likeness (QED) is 0.243. The molecule has 4 aromatic rings. The summed E-state index contributed by atoms with van der Waals surface area (Å²) < 4.78 is 45.7. The molecule has 0 atom stereocenters. The van der Waals surface area contributed by atoms with Gasteiger partial charge in [0, 0.05) is 26.3 Å². The fourth-order valence-corrected chi connectivity index (χ4v) is 5.47. The van der Waals surface area contributed by atoms with Crippen molar-refractivity contribution in [3.63, 3.8) is 0 Å². The van der Waals surface area contributed by atoms with Gasteiger partial charge in [-0.15, -0.1) is 23.1 Å². The fraction of sp³-hybridized carbons (Fsp3) is 0.148. The van der Waals surface area contributed by atoms with Gasteiger partial charge in [-0.2, -0.15) is 13.2 Å². The molecule has 0 saturated heterocycles. The number of rotatable bonds is 8. The second-order valence-corrected chi connectivity index (χ2v) is 9.76. The van der Waals surface area contributed by atoms with E-state index in [1.165, 1.54) is 12.1 Å². The number of benzene rings is 3. The Morgan fingerprint density at radius 1 is 1.09 bits per heavy atom. The number of fused-ring (bicyclic) bond motifs is 1. The lowest BCUT2D eigenvalue weighted by molar-refractivity contribution is -0.139. The normalized spacial score (nSPS) is 12.2. The minimum Gasteiger partial charge on any atom is -0.482 e. The molecule has 0 radical (unpaired) electrons. The summed E-state index contributed by atoms with van der Waals surface area (Å²) in [6, 6.07) is 18.8. The zero-order valence-electron chi connectivity index (χ0n) is 18.6. The Hall–Kier alpha value is -3.23. The van der Waals surface area contributed by atoms with Gasteiger partial charge >= 0.3 is 12.1 Å². The van der Waals surface area contributed by atoms with Crippen LogP contribution < -0.4 is 4.74 Å². The lowest BCUT2D eigenvalue weighted by Crippen LogP contribution is -2.09. The van der Waals surface area contributed by atoms with Gasteiger partial charge in [0.15, 0.2) is 6.61 Å². The van der Waals surface area contributed by atoms with Crippen molar-refractivity contribution in [1.82, 2.24) is 0 Å². The molecule has 0 aliphatic rings. The SMILES string of the molecule is Cc1cc(SC/C=C(\c2ccc(C(F)(F)F)cc2)c2csc3ccccc23)ccc1OCC(=O)O. The topological polar surface area (TPSA) is 46.5 Å². The maximum absolute atomic E-state index is 13.1. The van der Waals surface area contributed by atoms with E-state index in [9.17, 15) is 18.0 Å². The van der Waals surface area contributed by atoms with Crippen molar-refractivity contribution < 1.29 is 27.8 Å². The van der Waals surface area contributed by atoms with Crippen LogP contribution in [0.2, 0.25) is 0 Å². The van der Waals surface area contributed by atoms with E-state index in [1.807, 2.05) is 54.8 Å². The highest BCUT2D eigenvalue weighted by Gasteiger charge is 2.30. The van der Waals surface area contributed by atoms with Crippen LogP contribution in [0.1, 0.15) is 22.3 Å². The zero-order valence-corrected chi connectivity index (χ0v) is 20.3. The van der Waals surface area contributed by atoms with E-state index in [-0.39, 0.29) is 0 Å². The Bertz CT molecular complexity index is 1370. The number of hydrogen-bond donors (Lipinski definition) is 1. The van der Waals surface area contributed by atoms with E-state index < -0.39 is 24.3 Å². The number of thiophene rings is 1. The first-order valence-corrected chi connectivity index (χ1v) is 12.5. The van der Waals surface area contributed by atoms with Gasteiger partial charge in [-0.1, -0.05) is 36.4 Å². The Labute approximate surface area is 208 Å². The van der Waals surface area contributed by atoms with Crippen LogP contribution >= 0.6 is 23.1 Å². The minimum atomic E-state index is -4.38. The highest BCUT2D eigenvalue weighted by molar-refractivity contribution is 7.99. The first-order chi connectivity index (χ1) is 16.7. The van der Waals surface area contributed by atoms with Gasteiger partial charge in [0.25, 0.3) is 0 Å². The van der Waals surface area contributed by atoms with Crippen LogP contribution in [0.15, 0.2) is 83.1 Å². The van der Waals surface area contributed by atoms with Crippen LogP contribution in [0.5, 0.6) is 5.75 Å². The maximum Gasteiger partial charge on any atom is 0.416 e. The number of carboxylic acid groups (broad SMARTS) is 1. The molecule has 0 aliphatic heterocycles. The minimum absolute atomic E-state index is 0.402. The molecule has 0 fully saturated rings. The van der Waals surface area contributed by atoms with Gasteiger partial charge in [0.05, 0.1) is 5.56 Å². The lowest BCUT2D eigenvalue weighted by atomic mass is 9.96. The fourth-order valence-electron chi connectivity index (χ4n) is 3.64. The zero-order chi connectivity index (χ0) is 25.0. The lowest BCUT2D eigenvalue weighted by Gasteiger charge is -2.12. The standard InChI is InChI=1S/C27H21F3O3S2/c1-17-14-20(10-11-24(17)33-15-26(31)32)34-13-12-21(18-6-8-19(9-7-18)27(28,29)30)23-16-35-25-5-3-2-4-22(23)25/h2-12,14,16H,13,15H2,1H3,(H,31,32)/b21-12+. The number of halogens is 3. The van der Waals surface area contributed by atoms with Gasteiger partial charge in [-0.05, 0) is 65.4 Å². The molecule has 3 aromatic carbocycles. The molecule has 3 nitrogen and oxygen atoms in total. The van der Waals surface area contributed by atoms with E-state index >= 15 is 0 Å². The van der Waals surface area contributed by atoms with Crippen LogP contribution in [0, 0.1) is 6.92 Å². The number of hydrogen-bond acceptors (Lipinski definition) is 4. The summed E-state index contributed by atoms with van der Waals surface area (Å²) in [6.07, 6.45) is -2.35. The number of thioether (sulfide) groups is 1. The van der Waals surface area contributed by atoms with Crippen molar-refractivity contribution in [2.45, 2.75) is 18.0 Å². The van der Waals surface area contributed by atoms with Gasteiger partial charge in [0.1, 0.15) is 5.75 Å². The molecule has 1 aromatic heterocycles. The molecule has 0 aliphatic carbocycles. The van der Waals surface area contributed by atoms with Crippen molar-refractivity contribution in [2.75, 3.05) is 12.4 Å². The third kappa shape index (κ3) is 6.07. The monoisotopic (exact) mass is 514 g/mol. The Kier molecular flexibility index (Phi) is 7.52.